The number of carbonyl (C=O) groups excluding carboxylic acids is 1. The van der Waals surface area contributed by atoms with Crippen LogP contribution in [-0.2, 0) is 16.0 Å². The number of hydrogen-bond donors (Lipinski definition) is 0. The minimum absolute atomic E-state index is 0.00797. The summed E-state index contributed by atoms with van der Waals surface area (Å²) in [7, 11) is 1.61. The van der Waals surface area contributed by atoms with Crippen LogP contribution in [0.5, 0.6) is 11.5 Å². The minimum Gasteiger partial charge on any atom is -0.496 e. The summed E-state index contributed by atoms with van der Waals surface area (Å²) in [5.74, 6) is 0.760. The molecule has 0 radical (unpaired) electrons. The number of ether oxygens (including phenoxy) is 3. The summed E-state index contributed by atoms with van der Waals surface area (Å²) in [6.45, 7) is 8.04. The zero-order valence-corrected chi connectivity index (χ0v) is 20.1. The fraction of sp³-hybridized carbons (Fsp3) is 0.357. The number of methoxy groups -OCH3 is 1. The van der Waals surface area contributed by atoms with Crippen molar-refractivity contribution >= 4 is 16.9 Å². The number of benzene rings is 2. The SMILES string of the molecule is C=CC(=O)OCC(C)COc1ccc2cc(-c3ccc(CCCCC)cc3OC)c(=O)oc2c1. The fourth-order valence-electron chi connectivity index (χ4n) is 3.63. The predicted molar refractivity (Wildman–Crippen MR) is 134 cm³/mol. The van der Waals surface area contributed by atoms with Crippen LogP contribution in [0.15, 0.2) is 64.3 Å². The second-order valence-electron chi connectivity index (χ2n) is 8.39. The van der Waals surface area contributed by atoms with Gasteiger partial charge in [0.25, 0.3) is 0 Å². The number of aryl methyl sites for hydroxylation is 1. The van der Waals surface area contributed by atoms with Gasteiger partial charge in [0.05, 0.1) is 25.9 Å². The fourth-order valence-corrected chi connectivity index (χ4v) is 3.63. The molecule has 0 N–H and O–H groups in total. The highest BCUT2D eigenvalue weighted by molar-refractivity contribution is 5.84. The summed E-state index contributed by atoms with van der Waals surface area (Å²) in [4.78, 5) is 24.0. The van der Waals surface area contributed by atoms with E-state index >= 15 is 0 Å². The van der Waals surface area contributed by atoms with E-state index in [0.29, 0.717) is 34.8 Å². The van der Waals surface area contributed by atoms with Crippen LogP contribution in [0.3, 0.4) is 0 Å². The third kappa shape index (κ3) is 6.50. The summed E-state index contributed by atoms with van der Waals surface area (Å²) in [5, 5.41) is 0.781. The van der Waals surface area contributed by atoms with E-state index < -0.39 is 11.6 Å². The monoisotopic (exact) mass is 464 g/mol. The third-order valence-electron chi connectivity index (χ3n) is 5.54. The van der Waals surface area contributed by atoms with Crippen molar-refractivity contribution in [3.63, 3.8) is 0 Å². The molecule has 0 bridgehead atoms. The van der Waals surface area contributed by atoms with E-state index in [4.69, 9.17) is 18.6 Å². The Kier molecular flexibility index (Phi) is 8.91. The molecule has 6 heteroatoms. The highest BCUT2D eigenvalue weighted by atomic mass is 16.5. The van der Waals surface area contributed by atoms with E-state index in [1.54, 1.807) is 13.2 Å². The van der Waals surface area contributed by atoms with Gasteiger partial charge in [-0.25, -0.2) is 9.59 Å². The van der Waals surface area contributed by atoms with Gasteiger partial charge in [-0.05, 0) is 42.7 Å². The molecule has 0 amide bonds. The maximum atomic E-state index is 12.8. The Labute approximate surface area is 200 Å². The topological polar surface area (TPSA) is 75.0 Å². The van der Waals surface area contributed by atoms with Gasteiger partial charge in [-0.1, -0.05) is 45.4 Å². The number of esters is 1. The van der Waals surface area contributed by atoms with Crippen molar-refractivity contribution in [1.29, 1.82) is 0 Å². The number of carbonyl (C=O) groups is 1. The van der Waals surface area contributed by atoms with Crippen LogP contribution in [0.1, 0.15) is 38.7 Å². The molecule has 0 aliphatic rings. The Morgan fingerprint density at radius 1 is 1.09 bits per heavy atom. The van der Waals surface area contributed by atoms with Gasteiger partial charge in [0.1, 0.15) is 17.1 Å². The molecule has 0 saturated heterocycles. The van der Waals surface area contributed by atoms with Crippen molar-refractivity contribution in [1.82, 2.24) is 0 Å². The predicted octanol–water partition coefficient (Wildman–Crippen LogP) is 5.95. The second kappa shape index (κ2) is 12.1. The summed E-state index contributed by atoms with van der Waals surface area (Å²) in [6, 6.07) is 13.2. The number of unbranched alkanes of at least 4 members (excludes halogenated alkanes) is 2. The summed E-state index contributed by atoms with van der Waals surface area (Å²) in [5.41, 5.74) is 2.35. The standard InChI is InChI=1S/C28H32O6/c1-5-7-8-9-20-10-13-23(26(14-20)31-4)24-15-21-11-12-22(16-25(21)34-28(24)30)32-17-19(3)18-33-27(29)6-2/h6,10-16,19H,2,5,7-9,17-18H2,1,3-4H3. The molecular weight excluding hydrogens is 432 g/mol. The average molecular weight is 465 g/mol. The Balaban J connectivity index is 1.77. The quantitative estimate of drug-likeness (QED) is 0.143. The molecule has 1 aromatic heterocycles. The van der Waals surface area contributed by atoms with Gasteiger partial charge >= 0.3 is 11.6 Å². The molecule has 0 aliphatic carbocycles. The smallest absolute Gasteiger partial charge is 0.344 e. The Morgan fingerprint density at radius 3 is 2.65 bits per heavy atom. The van der Waals surface area contributed by atoms with Crippen molar-refractivity contribution in [3.8, 4) is 22.6 Å². The normalized spacial score (nSPS) is 11.7. The number of rotatable bonds is 12. The van der Waals surface area contributed by atoms with Gasteiger partial charge in [0, 0.05) is 29.0 Å². The molecule has 1 unspecified atom stereocenters. The first kappa shape index (κ1) is 25.1. The highest BCUT2D eigenvalue weighted by Gasteiger charge is 2.14. The molecule has 0 spiro atoms. The maximum absolute atomic E-state index is 12.8. The number of hydrogen-bond acceptors (Lipinski definition) is 6. The molecule has 180 valence electrons. The zero-order chi connectivity index (χ0) is 24.5. The molecule has 2 aromatic carbocycles. The van der Waals surface area contributed by atoms with Crippen LogP contribution >= 0.6 is 0 Å². The van der Waals surface area contributed by atoms with Crippen LogP contribution in [0.25, 0.3) is 22.1 Å². The van der Waals surface area contributed by atoms with E-state index in [-0.39, 0.29) is 12.5 Å². The van der Waals surface area contributed by atoms with Crippen molar-refractivity contribution < 1.29 is 23.4 Å². The van der Waals surface area contributed by atoms with Crippen LogP contribution in [-0.4, -0.2) is 26.3 Å². The lowest BCUT2D eigenvalue weighted by Gasteiger charge is -2.13. The Morgan fingerprint density at radius 2 is 1.91 bits per heavy atom. The molecule has 1 heterocycles. The van der Waals surface area contributed by atoms with E-state index in [2.05, 4.69) is 13.5 Å². The molecule has 6 nitrogen and oxygen atoms in total. The van der Waals surface area contributed by atoms with Crippen molar-refractivity contribution in [3.05, 3.63) is 71.1 Å². The summed E-state index contributed by atoms with van der Waals surface area (Å²) < 4.78 is 22.0. The molecule has 1 atom stereocenters. The highest BCUT2D eigenvalue weighted by Crippen LogP contribution is 2.32. The maximum Gasteiger partial charge on any atom is 0.344 e. The van der Waals surface area contributed by atoms with Gasteiger partial charge in [-0.3, -0.25) is 0 Å². The van der Waals surface area contributed by atoms with E-state index in [1.165, 1.54) is 18.4 Å². The van der Waals surface area contributed by atoms with Crippen LogP contribution < -0.4 is 15.1 Å². The summed E-state index contributed by atoms with van der Waals surface area (Å²) in [6.07, 6.45) is 5.59. The van der Waals surface area contributed by atoms with Gasteiger partial charge in [-0.2, -0.15) is 0 Å². The molecule has 3 rings (SSSR count). The van der Waals surface area contributed by atoms with Crippen LogP contribution in [0.4, 0.5) is 0 Å². The lowest BCUT2D eigenvalue weighted by Crippen LogP contribution is -2.16. The Hall–Kier alpha value is -3.54. The molecule has 0 fully saturated rings. The lowest BCUT2D eigenvalue weighted by atomic mass is 10.00. The molecule has 0 aliphatic heterocycles. The molecule has 0 saturated carbocycles. The van der Waals surface area contributed by atoms with Gasteiger partial charge < -0.3 is 18.6 Å². The van der Waals surface area contributed by atoms with Crippen molar-refractivity contribution in [2.45, 2.75) is 39.5 Å². The van der Waals surface area contributed by atoms with E-state index in [9.17, 15) is 9.59 Å². The number of fused-ring (bicyclic) bond motifs is 1. The van der Waals surface area contributed by atoms with E-state index in [0.717, 1.165) is 24.3 Å². The lowest BCUT2D eigenvalue weighted by molar-refractivity contribution is -0.139. The van der Waals surface area contributed by atoms with Gasteiger partial charge in [-0.15, -0.1) is 0 Å². The van der Waals surface area contributed by atoms with Gasteiger partial charge in [0.2, 0.25) is 0 Å². The van der Waals surface area contributed by atoms with Gasteiger partial charge in [0.15, 0.2) is 0 Å². The van der Waals surface area contributed by atoms with E-state index in [1.807, 2.05) is 43.3 Å². The zero-order valence-electron chi connectivity index (χ0n) is 20.1. The molecule has 3 aromatic rings. The minimum atomic E-state index is -0.460. The largest absolute Gasteiger partial charge is 0.496 e. The Bertz CT molecular complexity index is 1190. The first-order chi connectivity index (χ1) is 16.4. The molecule has 34 heavy (non-hydrogen) atoms. The summed E-state index contributed by atoms with van der Waals surface area (Å²) >= 11 is 0. The molecular formula is C28H32O6. The van der Waals surface area contributed by atoms with Crippen LogP contribution in [0.2, 0.25) is 0 Å². The second-order valence-corrected chi connectivity index (χ2v) is 8.39. The van der Waals surface area contributed by atoms with Crippen molar-refractivity contribution in [2.24, 2.45) is 5.92 Å². The van der Waals surface area contributed by atoms with Crippen molar-refractivity contribution in [2.75, 3.05) is 20.3 Å². The first-order valence-corrected chi connectivity index (χ1v) is 11.6. The third-order valence-corrected chi connectivity index (χ3v) is 5.54. The van der Waals surface area contributed by atoms with Crippen LogP contribution in [0, 0.1) is 5.92 Å². The first-order valence-electron chi connectivity index (χ1n) is 11.6. The average Bonchev–Trinajstić information content (AvgIpc) is 2.85.